The quantitative estimate of drug-likeness (QED) is 0.105. The second kappa shape index (κ2) is 34.8. The fourth-order valence-corrected chi connectivity index (χ4v) is 9.34. The molecule has 0 nitrogen and oxygen atoms in total. The molecular formula is C68H96Cl2Hf2Si2-6. The van der Waals surface area contributed by atoms with Gasteiger partial charge in [-0.15, -0.1) is 114 Å². The summed E-state index contributed by atoms with van der Waals surface area (Å²) in [6, 6.07) is 37.4. The molecular weight excluding hydrogens is 1300 g/mol. The van der Waals surface area contributed by atoms with Gasteiger partial charge in [-0.25, -0.2) is 0 Å². The summed E-state index contributed by atoms with van der Waals surface area (Å²) in [6.07, 6.45) is 0. The summed E-state index contributed by atoms with van der Waals surface area (Å²) in [5, 5.41) is 11.4. The summed E-state index contributed by atoms with van der Waals surface area (Å²) < 4.78 is 0. The normalized spacial score (nSPS) is 10.8. The first-order valence-corrected chi connectivity index (χ1v) is 30.8. The third kappa shape index (κ3) is 21.0. The van der Waals surface area contributed by atoms with Crippen molar-refractivity contribution in [2.75, 3.05) is 0 Å². The van der Waals surface area contributed by atoms with Gasteiger partial charge in [0.1, 0.15) is 0 Å². The molecule has 8 rings (SSSR count). The van der Waals surface area contributed by atoms with Gasteiger partial charge in [-0.05, 0) is 47.3 Å². The molecule has 0 unspecified atom stereocenters. The summed E-state index contributed by atoms with van der Waals surface area (Å²) in [7, 11) is 2.17. The van der Waals surface area contributed by atoms with Crippen LogP contribution in [0.3, 0.4) is 0 Å². The predicted octanol–water partition coefficient (Wildman–Crippen LogP) is 16.0. The molecule has 6 heteroatoms. The van der Waals surface area contributed by atoms with Crippen molar-refractivity contribution < 1.29 is 76.5 Å². The minimum absolute atomic E-state index is 0. The van der Waals surface area contributed by atoms with E-state index in [1.807, 2.05) is 0 Å². The molecule has 0 bridgehead atoms. The standard InChI is InChI=1S/4C16H21.2C2H6Si.2ClH.2Hf/c4*1-10(2)13-8-14-6-12(5)7-16(14)15(9-13)11(3)4;2*1-3-2;;;;/h4*6-11H,1-5H3;2*1-2H3;2*1H;;/q4*-1;;;;;;/p-2. The van der Waals surface area contributed by atoms with Crippen molar-refractivity contribution >= 4 is 62.1 Å². The minimum Gasteiger partial charge on any atom is -1.00 e. The molecule has 0 aliphatic carbocycles. The van der Waals surface area contributed by atoms with Crippen LogP contribution in [0.4, 0.5) is 0 Å². The van der Waals surface area contributed by atoms with Gasteiger partial charge >= 0.3 is 0 Å². The Morgan fingerprint density at radius 2 is 0.419 bits per heavy atom. The van der Waals surface area contributed by atoms with Crippen molar-refractivity contribution in [3.8, 4) is 0 Å². The number of benzene rings is 4. The van der Waals surface area contributed by atoms with Gasteiger partial charge < -0.3 is 24.8 Å². The van der Waals surface area contributed by atoms with Gasteiger partial charge in [0.05, 0.1) is 0 Å². The first-order chi connectivity index (χ1) is 32.8. The monoisotopic (exact) mass is 1400 g/mol. The Hall–Kier alpha value is -1.93. The molecule has 0 N–H and O–H groups in total. The van der Waals surface area contributed by atoms with E-state index in [4.69, 9.17) is 0 Å². The average Bonchev–Trinajstić information content (AvgIpc) is 4.05. The van der Waals surface area contributed by atoms with E-state index in [1.165, 1.54) is 110 Å². The van der Waals surface area contributed by atoms with Crippen LogP contribution in [0.1, 0.15) is 225 Å². The number of hydrogen-bond acceptors (Lipinski definition) is 0. The third-order valence-corrected chi connectivity index (χ3v) is 13.2. The van der Waals surface area contributed by atoms with Crippen LogP contribution in [0.5, 0.6) is 0 Å². The van der Waals surface area contributed by atoms with Gasteiger partial charge in [0, 0.05) is 70.7 Å². The molecule has 8 aromatic carbocycles. The Kier molecular flexibility index (Phi) is 34.9. The van der Waals surface area contributed by atoms with Gasteiger partial charge in [-0.1, -0.05) is 233 Å². The maximum atomic E-state index is 2.39. The second-order valence-electron chi connectivity index (χ2n) is 22.8. The zero-order valence-corrected chi connectivity index (χ0v) is 61.3. The number of halogens is 2. The fraction of sp³-hybridized carbons (Fsp3) is 0.471. The topological polar surface area (TPSA) is 0 Å². The minimum atomic E-state index is 0. The Morgan fingerprint density at radius 3 is 0.541 bits per heavy atom. The summed E-state index contributed by atoms with van der Waals surface area (Å²) >= 11 is 0. The molecule has 0 heterocycles. The number of hydrogen-bond donors (Lipinski definition) is 0. The van der Waals surface area contributed by atoms with Crippen molar-refractivity contribution in [2.24, 2.45) is 0 Å². The van der Waals surface area contributed by atoms with Gasteiger partial charge in [-0.2, -0.15) is 24.3 Å². The Labute approximate surface area is 509 Å². The Bertz CT molecular complexity index is 2450. The predicted molar refractivity (Wildman–Crippen MR) is 325 cm³/mol. The van der Waals surface area contributed by atoms with Gasteiger partial charge in [0.15, 0.2) is 0 Å². The molecule has 0 amide bonds. The van der Waals surface area contributed by atoms with Crippen molar-refractivity contribution in [3.05, 3.63) is 164 Å². The molecule has 4 radical (unpaired) electrons. The molecule has 0 atom stereocenters. The molecule has 0 aliphatic rings. The summed E-state index contributed by atoms with van der Waals surface area (Å²) in [5.74, 6) is 4.83. The van der Waals surface area contributed by atoms with Crippen LogP contribution >= 0.6 is 0 Å². The molecule has 0 spiro atoms. The number of aryl methyl sites for hydroxylation is 4. The Balaban J connectivity index is 0. The van der Waals surface area contributed by atoms with Crippen molar-refractivity contribution in [3.63, 3.8) is 0 Å². The zero-order chi connectivity index (χ0) is 52.9. The van der Waals surface area contributed by atoms with Crippen molar-refractivity contribution in [2.45, 2.75) is 212 Å². The molecule has 404 valence electrons. The third-order valence-electron chi connectivity index (χ3n) is 13.2. The maximum absolute atomic E-state index is 2.39. The average molecular weight is 1400 g/mol. The number of rotatable bonds is 8. The van der Waals surface area contributed by atoms with Crippen LogP contribution < -0.4 is 24.8 Å². The van der Waals surface area contributed by atoms with Crippen molar-refractivity contribution in [1.82, 2.24) is 0 Å². The molecule has 0 saturated heterocycles. The first-order valence-electron chi connectivity index (χ1n) is 26.8. The smallest absolute Gasteiger partial charge is 0.0307 e. The van der Waals surface area contributed by atoms with E-state index in [-0.39, 0.29) is 76.5 Å². The fourth-order valence-electron chi connectivity index (χ4n) is 9.34. The summed E-state index contributed by atoms with van der Waals surface area (Å²) in [5.41, 5.74) is 17.3. The molecule has 74 heavy (non-hydrogen) atoms. The van der Waals surface area contributed by atoms with Gasteiger partial charge in [-0.3, -0.25) is 0 Å². The largest absolute Gasteiger partial charge is 1.00 e. The summed E-state index contributed by atoms with van der Waals surface area (Å²) in [4.78, 5) is 0. The van der Waals surface area contributed by atoms with Gasteiger partial charge in [0.25, 0.3) is 0 Å². The van der Waals surface area contributed by atoms with Crippen LogP contribution in [-0.2, 0) is 51.7 Å². The van der Waals surface area contributed by atoms with Gasteiger partial charge in [0.2, 0.25) is 0 Å². The molecule has 0 aromatic heterocycles. The first kappa shape index (κ1) is 74.1. The van der Waals surface area contributed by atoms with E-state index in [0.717, 1.165) is 19.0 Å². The van der Waals surface area contributed by atoms with Crippen molar-refractivity contribution in [1.29, 1.82) is 0 Å². The van der Waals surface area contributed by atoms with Crippen LogP contribution in [0, 0.1) is 27.7 Å². The molecule has 8 aromatic rings. The number of fused-ring (bicyclic) bond motifs is 4. The van der Waals surface area contributed by atoms with E-state index in [2.05, 4.69) is 262 Å². The molecule has 0 fully saturated rings. The van der Waals surface area contributed by atoms with Crippen LogP contribution in [0.25, 0.3) is 43.1 Å². The van der Waals surface area contributed by atoms with Crippen LogP contribution in [-0.4, -0.2) is 19.0 Å². The van der Waals surface area contributed by atoms with E-state index in [0.29, 0.717) is 47.3 Å². The molecule has 0 aliphatic heterocycles. The van der Waals surface area contributed by atoms with E-state index in [1.54, 1.807) is 0 Å². The van der Waals surface area contributed by atoms with E-state index in [9.17, 15) is 0 Å². The maximum Gasteiger partial charge on any atom is 0.0307 e. The zero-order valence-electron chi connectivity index (χ0n) is 50.6. The van der Waals surface area contributed by atoms with Crippen LogP contribution in [0.15, 0.2) is 97.1 Å². The van der Waals surface area contributed by atoms with E-state index >= 15 is 0 Å². The second-order valence-corrected chi connectivity index (χ2v) is 24.8. The molecule has 0 saturated carbocycles. The van der Waals surface area contributed by atoms with Crippen LogP contribution in [0.2, 0.25) is 26.2 Å². The Morgan fingerprint density at radius 1 is 0.270 bits per heavy atom. The SMILES string of the molecule is C[Si]C.C[Si]C.Cc1cc2c(C(C)C)cc(C(C)C)cc2[cH-]1.Cc1cc2c(C(C)C)cc(C(C)C)cc2[cH-]1.Cc1cc2c(C(C)C)cc(C(C)C)cc2[cH-]1.Cc1cc2c(C(C)C)cc(C(C)C)cc2[cH-]1.[Cl-].[Cl-].[Hf].[Hf]. The summed E-state index contributed by atoms with van der Waals surface area (Å²) in [6.45, 7) is 53.7. The van der Waals surface area contributed by atoms with E-state index < -0.39 is 0 Å².